The molecule has 3 aromatic rings. The number of hydrogen-bond donors (Lipinski definition) is 1. The van der Waals surface area contributed by atoms with Crippen LogP contribution in [-0.2, 0) is 5.54 Å². The van der Waals surface area contributed by atoms with Crippen LogP contribution in [0.5, 0.6) is 0 Å². The van der Waals surface area contributed by atoms with E-state index in [1.165, 1.54) is 0 Å². The van der Waals surface area contributed by atoms with Gasteiger partial charge in [0.05, 0.1) is 11.1 Å². The predicted octanol–water partition coefficient (Wildman–Crippen LogP) is 3.46. The molecule has 0 aliphatic carbocycles. The first-order valence-corrected chi connectivity index (χ1v) is 6.77. The maximum absolute atomic E-state index is 6.28. The fourth-order valence-electron chi connectivity index (χ4n) is 2.24. The van der Waals surface area contributed by atoms with Crippen molar-refractivity contribution in [2.75, 3.05) is 0 Å². The Hall–Kier alpha value is -2.14. The average molecular weight is 271 g/mol. The number of nitrogens with zero attached hydrogens (tertiary/aromatic N) is 2. The summed E-state index contributed by atoms with van der Waals surface area (Å²) in [5, 5.41) is 5.01. The van der Waals surface area contributed by atoms with Crippen molar-refractivity contribution in [1.82, 2.24) is 10.1 Å². The summed E-state index contributed by atoms with van der Waals surface area (Å²) in [5.74, 6) is 0.990. The van der Waals surface area contributed by atoms with Crippen LogP contribution in [0.4, 0.5) is 0 Å². The van der Waals surface area contributed by atoms with Crippen LogP contribution < -0.4 is 5.73 Å². The van der Waals surface area contributed by atoms with Gasteiger partial charge in [0.2, 0.25) is 11.7 Å². The number of para-hydroxylation sites is 1. The SMILES string of the molecule is CCC(N)(CC)c1nc(-c2coc3ccccc23)no1. The molecule has 0 saturated carbocycles. The zero-order valence-corrected chi connectivity index (χ0v) is 11.6. The van der Waals surface area contributed by atoms with Crippen molar-refractivity contribution in [1.29, 1.82) is 0 Å². The topological polar surface area (TPSA) is 78.1 Å². The fraction of sp³-hybridized carbons (Fsp3) is 0.333. The molecule has 2 N–H and O–H groups in total. The molecular weight excluding hydrogens is 254 g/mol. The lowest BCUT2D eigenvalue weighted by atomic mass is 9.94. The molecule has 104 valence electrons. The number of furan rings is 1. The van der Waals surface area contributed by atoms with Gasteiger partial charge in [0.25, 0.3) is 0 Å². The van der Waals surface area contributed by atoms with Crippen molar-refractivity contribution >= 4 is 11.0 Å². The summed E-state index contributed by atoms with van der Waals surface area (Å²) >= 11 is 0. The van der Waals surface area contributed by atoms with Crippen molar-refractivity contribution < 1.29 is 8.94 Å². The van der Waals surface area contributed by atoms with E-state index in [1.807, 2.05) is 38.1 Å². The lowest BCUT2D eigenvalue weighted by Gasteiger charge is -2.20. The largest absolute Gasteiger partial charge is 0.464 e. The Morgan fingerprint density at radius 3 is 2.70 bits per heavy atom. The molecule has 20 heavy (non-hydrogen) atoms. The van der Waals surface area contributed by atoms with Crippen molar-refractivity contribution in [2.24, 2.45) is 5.73 Å². The number of benzene rings is 1. The minimum atomic E-state index is -0.565. The van der Waals surface area contributed by atoms with Gasteiger partial charge in [0.15, 0.2) is 0 Å². The third-order valence-corrected chi connectivity index (χ3v) is 3.84. The quantitative estimate of drug-likeness (QED) is 0.786. The summed E-state index contributed by atoms with van der Waals surface area (Å²) in [5.41, 5.74) is 7.34. The van der Waals surface area contributed by atoms with Gasteiger partial charge >= 0.3 is 0 Å². The molecule has 0 saturated heterocycles. The number of aromatic nitrogens is 2. The zero-order chi connectivity index (χ0) is 14.2. The first-order chi connectivity index (χ1) is 9.68. The van der Waals surface area contributed by atoms with Gasteiger partial charge in [-0.2, -0.15) is 4.98 Å². The van der Waals surface area contributed by atoms with Crippen LogP contribution in [0.2, 0.25) is 0 Å². The highest BCUT2D eigenvalue weighted by Gasteiger charge is 2.30. The molecule has 3 rings (SSSR count). The summed E-state index contributed by atoms with van der Waals surface area (Å²) in [4.78, 5) is 4.45. The molecular formula is C15H17N3O2. The molecule has 0 bridgehead atoms. The van der Waals surface area contributed by atoms with Crippen molar-refractivity contribution in [3.05, 3.63) is 36.4 Å². The van der Waals surface area contributed by atoms with Crippen LogP contribution in [0.1, 0.15) is 32.6 Å². The van der Waals surface area contributed by atoms with Crippen LogP contribution in [0.3, 0.4) is 0 Å². The molecule has 0 fully saturated rings. The van der Waals surface area contributed by atoms with Gasteiger partial charge in [-0.25, -0.2) is 0 Å². The summed E-state index contributed by atoms with van der Waals surface area (Å²) in [6.45, 7) is 4.03. The summed E-state index contributed by atoms with van der Waals surface area (Å²) < 4.78 is 10.9. The van der Waals surface area contributed by atoms with E-state index in [4.69, 9.17) is 14.7 Å². The number of nitrogens with two attached hydrogens (primary N) is 1. The number of fused-ring (bicyclic) bond motifs is 1. The first kappa shape index (κ1) is 12.9. The normalized spacial score (nSPS) is 12.2. The Labute approximate surface area is 116 Å². The van der Waals surface area contributed by atoms with Crippen LogP contribution >= 0.6 is 0 Å². The molecule has 0 atom stereocenters. The monoisotopic (exact) mass is 271 g/mol. The summed E-state index contributed by atoms with van der Waals surface area (Å²) in [7, 11) is 0. The number of hydrogen-bond acceptors (Lipinski definition) is 5. The smallest absolute Gasteiger partial charge is 0.247 e. The van der Waals surface area contributed by atoms with Crippen molar-refractivity contribution in [3.8, 4) is 11.4 Å². The Bertz CT molecular complexity index is 725. The highest BCUT2D eigenvalue weighted by atomic mass is 16.5. The predicted molar refractivity (Wildman–Crippen MR) is 76.0 cm³/mol. The molecule has 5 nitrogen and oxygen atoms in total. The van der Waals surface area contributed by atoms with E-state index < -0.39 is 5.54 Å². The summed E-state index contributed by atoms with van der Waals surface area (Å²) in [6.07, 6.45) is 3.14. The van der Waals surface area contributed by atoms with Crippen LogP contribution in [0.25, 0.3) is 22.4 Å². The van der Waals surface area contributed by atoms with Gasteiger partial charge in [0, 0.05) is 5.39 Å². The second-order valence-electron chi connectivity index (χ2n) is 4.93. The van der Waals surface area contributed by atoms with Crippen molar-refractivity contribution in [2.45, 2.75) is 32.2 Å². The maximum Gasteiger partial charge on any atom is 0.247 e. The summed E-state index contributed by atoms with van der Waals surface area (Å²) in [6, 6.07) is 7.76. The first-order valence-electron chi connectivity index (χ1n) is 6.77. The third-order valence-electron chi connectivity index (χ3n) is 3.84. The molecule has 2 aromatic heterocycles. The maximum atomic E-state index is 6.28. The Kier molecular flexibility index (Phi) is 3.06. The van der Waals surface area contributed by atoms with E-state index in [1.54, 1.807) is 6.26 Å². The molecule has 0 aliphatic heterocycles. The van der Waals surface area contributed by atoms with Gasteiger partial charge in [0.1, 0.15) is 11.8 Å². The lowest BCUT2D eigenvalue weighted by molar-refractivity contribution is 0.268. The van der Waals surface area contributed by atoms with Crippen molar-refractivity contribution in [3.63, 3.8) is 0 Å². The minimum absolute atomic E-state index is 0.475. The molecule has 1 aromatic carbocycles. The van der Waals surface area contributed by atoms with E-state index in [0.717, 1.165) is 29.4 Å². The van der Waals surface area contributed by atoms with E-state index in [0.29, 0.717) is 11.7 Å². The van der Waals surface area contributed by atoms with Gasteiger partial charge in [-0.1, -0.05) is 37.2 Å². The molecule has 0 spiro atoms. The van der Waals surface area contributed by atoms with Crippen LogP contribution in [0.15, 0.2) is 39.5 Å². The highest BCUT2D eigenvalue weighted by Crippen LogP contribution is 2.31. The Morgan fingerprint density at radius 2 is 1.95 bits per heavy atom. The van der Waals surface area contributed by atoms with Gasteiger partial charge in [-0.15, -0.1) is 0 Å². The lowest BCUT2D eigenvalue weighted by Crippen LogP contribution is -2.35. The van der Waals surface area contributed by atoms with E-state index in [-0.39, 0.29) is 0 Å². The number of rotatable bonds is 4. The third kappa shape index (κ3) is 1.91. The minimum Gasteiger partial charge on any atom is -0.464 e. The van der Waals surface area contributed by atoms with E-state index >= 15 is 0 Å². The van der Waals surface area contributed by atoms with Gasteiger partial charge in [-0.05, 0) is 18.9 Å². The second kappa shape index (κ2) is 4.76. The zero-order valence-electron chi connectivity index (χ0n) is 11.6. The van der Waals surface area contributed by atoms with E-state index in [2.05, 4.69) is 10.1 Å². The van der Waals surface area contributed by atoms with E-state index in [9.17, 15) is 0 Å². The fourth-order valence-corrected chi connectivity index (χ4v) is 2.24. The molecule has 0 aliphatic rings. The Morgan fingerprint density at radius 1 is 1.20 bits per heavy atom. The van der Waals surface area contributed by atoms with Gasteiger partial charge in [-0.3, -0.25) is 0 Å². The van der Waals surface area contributed by atoms with Gasteiger partial charge < -0.3 is 14.7 Å². The molecule has 0 unspecified atom stereocenters. The molecule has 0 amide bonds. The standard InChI is InChI=1S/C15H17N3O2/c1-3-15(16,4-2)14-17-13(18-20-14)11-9-19-12-8-6-5-7-10(11)12/h5-9H,3-4,16H2,1-2H3. The molecule has 5 heteroatoms. The highest BCUT2D eigenvalue weighted by molar-refractivity contribution is 5.91. The molecule has 2 heterocycles. The second-order valence-corrected chi connectivity index (χ2v) is 4.93. The van der Waals surface area contributed by atoms with Crippen LogP contribution in [0, 0.1) is 0 Å². The molecule has 0 radical (unpaired) electrons. The average Bonchev–Trinajstić information content (AvgIpc) is 3.12. The Balaban J connectivity index is 2.06. The van der Waals surface area contributed by atoms with Crippen LogP contribution in [-0.4, -0.2) is 10.1 Å².